The largest absolute Gasteiger partial charge is 0.381 e. The number of rotatable bonds is 4. The van der Waals surface area contributed by atoms with Crippen molar-refractivity contribution in [1.82, 2.24) is 0 Å². The van der Waals surface area contributed by atoms with E-state index in [4.69, 9.17) is 5.73 Å². The van der Waals surface area contributed by atoms with Crippen LogP contribution in [-0.2, 0) is 6.54 Å². The lowest BCUT2D eigenvalue weighted by Gasteiger charge is -2.12. The summed E-state index contributed by atoms with van der Waals surface area (Å²) in [6, 6.07) is 8.55. The monoisotopic (exact) mass is 414 g/mol. The summed E-state index contributed by atoms with van der Waals surface area (Å²) in [4.78, 5) is 11.2. The van der Waals surface area contributed by atoms with Crippen LogP contribution in [0.5, 0.6) is 0 Å². The minimum absolute atomic E-state index is 0.151. The number of benzene rings is 2. The first kappa shape index (κ1) is 16.0. The predicted octanol–water partition coefficient (Wildman–Crippen LogP) is 4.37. The van der Waals surface area contributed by atoms with Crippen molar-refractivity contribution < 1.29 is 9.18 Å². The van der Waals surface area contributed by atoms with Crippen LogP contribution < -0.4 is 11.1 Å². The van der Waals surface area contributed by atoms with E-state index in [1.54, 1.807) is 13.0 Å². The molecule has 0 heterocycles. The van der Waals surface area contributed by atoms with Crippen LogP contribution in [0.2, 0.25) is 0 Å². The maximum atomic E-state index is 13.8. The zero-order valence-electron chi connectivity index (χ0n) is 11.2. The number of hydrogen-bond acceptors (Lipinski definition) is 2. The second kappa shape index (κ2) is 6.58. The zero-order chi connectivity index (χ0) is 15.6. The van der Waals surface area contributed by atoms with Gasteiger partial charge in [0, 0.05) is 32.3 Å². The van der Waals surface area contributed by atoms with Crippen LogP contribution in [0.1, 0.15) is 21.5 Å². The van der Waals surface area contributed by atoms with Gasteiger partial charge in [0.1, 0.15) is 5.82 Å². The summed E-state index contributed by atoms with van der Waals surface area (Å²) in [7, 11) is 0. The average Bonchev–Trinajstić information content (AvgIpc) is 2.43. The van der Waals surface area contributed by atoms with Gasteiger partial charge in [0.05, 0.1) is 0 Å². The van der Waals surface area contributed by atoms with Crippen molar-refractivity contribution in [2.45, 2.75) is 13.5 Å². The first-order valence-corrected chi connectivity index (χ1v) is 7.75. The number of carbonyl (C=O) groups excluding carboxylic acids is 1. The molecule has 6 heteroatoms. The fourth-order valence-electron chi connectivity index (χ4n) is 1.85. The Balaban J connectivity index is 2.23. The van der Waals surface area contributed by atoms with Crippen molar-refractivity contribution in [3.05, 3.63) is 61.8 Å². The SMILES string of the molecule is Cc1c(F)cc(C(N)=O)cc1NCc1ccc(Br)c(Br)c1. The number of nitrogens with one attached hydrogen (secondary N) is 1. The maximum absolute atomic E-state index is 13.8. The van der Waals surface area contributed by atoms with Gasteiger partial charge in [0.2, 0.25) is 5.91 Å². The number of hydrogen-bond donors (Lipinski definition) is 2. The molecular formula is C15H13Br2FN2O. The Bertz CT molecular complexity index is 704. The molecule has 0 aromatic heterocycles. The van der Waals surface area contributed by atoms with E-state index in [-0.39, 0.29) is 5.56 Å². The van der Waals surface area contributed by atoms with Gasteiger partial charge in [0.25, 0.3) is 0 Å². The van der Waals surface area contributed by atoms with Crippen molar-refractivity contribution >= 4 is 43.5 Å². The molecule has 0 spiro atoms. The molecule has 110 valence electrons. The number of amides is 1. The quantitative estimate of drug-likeness (QED) is 0.778. The minimum atomic E-state index is -0.650. The molecule has 0 saturated carbocycles. The summed E-state index contributed by atoms with van der Waals surface area (Å²) in [5.74, 6) is -1.10. The highest BCUT2D eigenvalue weighted by Crippen LogP contribution is 2.25. The highest BCUT2D eigenvalue weighted by Gasteiger charge is 2.10. The van der Waals surface area contributed by atoms with Crippen LogP contribution in [0.4, 0.5) is 10.1 Å². The van der Waals surface area contributed by atoms with Crippen molar-refractivity contribution in [3.8, 4) is 0 Å². The fourth-order valence-corrected chi connectivity index (χ4v) is 2.52. The molecule has 2 aromatic carbocycles. The third-order valence-electron chi connectivity index (χ3n) is 3.10. The molecular weight excluding hydrogens is 403 g/mol. The lowest BCUT2D eigenvalue weighted by Crippen LogP contribution is -2.13. The number of carbonyl (C=O) groups is 1. The van der Waals surface area contributed by atoms with Gasteiger partial charge in [-0.25, -0.2) is 4.39 Å². The molecule has 2 aromatic rings. The summed E-state index contributed by atoms with van der Waals surface area (Å²) in [6.07, 6.45) is 0. The number of nitrogens with two attached hydrogens (primary N) is 1. The molecule has 0 unspecified atom stereocenters. The molecule has 1 amide bonds. The molecule has 2 rings (SSSR count). The van der Waals surface area contributed by atoms with E-state index in [1.165, 1.54) is 0 Å². The Hall–Kier alpha value is -1.40. The number of halogens is 3. The predicted molar refractivity (Wildman–Crippen MR) is 88.8 cm³/mol. The van der Waals surface area contributed by atoms with E-state index < -0.39 is 11.7 Å². The third kappa shape index (κ3) is 3.83. The van der Waals surface area contributed by atoms with Gasteiger partial charge >= 0.3 is 0 Å². The Labute approximate surface area is 139 Å². The van der Waals surface area contributed by atoms with E-state index >= 15 is 0 Å². The Morgan fingerprint density at radius 1 is 1.24 bits per heavy atom. The first-order chi connectivity index (χ1) is 9.88. The van der Waals surface area contributed by atoms with Gasteiger partial charge in [-0.1, -0.05) is 6.07 Å². The summed E-state index contributed by atoms with van der Waals surface area (Å²) in [5.41, 5.74) is 7.39. The van der Waals surface area contributed by atoms with Gasteiger partial charge in [-0.05, 0) is 68.6 Å². The van der Waals surface area contributed by atoms with E-state index in [1.807, 2.05) is 18.2 Å². The van der Waals surface area contributed by atoms with Crippen molar-refractivity contribution in [1.29, 1.82) is 0 Å². The lowest BCUT2D eigenvalue weighted by molar-refractivity contribution is 0.1000. The third-order valence-corrected chi connectivity index (χ3v) is 4.98. The maximum Gasteiger partial charge on any atom is 0.248 e. The molecule has 0 aliphatic carbocycles. The number of anilines is 1. The van der Waals surface area contributed by atoms with E-state index in [0.717, 1.165) is 20.6 Å². The first-order valence-electron chi connectivity index (χ1n) is 6.16. The van der Waals surface area contributed by atoms with Gasteiger partial charge in [0.15, 0.2) is 0 Å². The van der Waals surface area contributed by atoms with Crippen LogP contribution in [0.3, 0.4) is 0 Å². The van der Waals surface area contributed by atoms with Gasteiger partial charge in [-0.15, -0.1) is 0 Å². The van der Waals surface area contributed by atoms with Crippen molar-refractivity contribution in [2.75, 3.05) is 5.32 Å². The number of primary amides is 1. The second-order valence-corrected chi connectivity index (χ2v) is 6.31. The molecule has 0 aliphatic rings. The standard InChI is InChI=1S/C15H13Br2FN2O/c1-8-13(18)5-10(15(19)21)6-14(8)20-7-9-2-3-11(16)12(17)4-9/h2-6,20H,7H2,1H3,(H2,19,21). The van der Waals surface area contributed by atoms with E-state index in [0.29, 0.717) is 17.8 Å². The fraction of sp³-hybridized carbons (Fsp3) is 0.133. The Morgan fingerprint density at radius 3 is 2.57 bits per heavy atom. The van der Waals surface area contributed by atoms with Crippen LogP contribution in [-0.4, -0.2) is 5.91 Å². The van der Waals surface area contributed by atoms with Gasteiger partial charge in [-0.3, -0.25) is 4.79 Å². The second-order valence-electron chi connectivity index (χ2n) is 4.60. The molecule has 3 N–H and O–H groups in total. The summed E-state index contributed by atoms with van der Waals surface area (Å²) < 4.78 is 15.7. The molecule has 3 nitrogen and oxygen atoms in total. The average molecular weight is 416 g/mol. The lowest BCUT2D eigenvalue weighted by atomic mass is 10.1. The highest BCUT2D eigenvalue weighted by molar-refractivity contribution is 9.13. The van der Waals surface area contributed by atoms with Gasteiger partial charge < -0.3 is 11.1 Å². The van der Waals surface area contributed by atoms with Crippen LogP contribution in [0.25, 0.3) is 0 Å². The molecule has 0 atom stereocenters. The van der Waals surface area contributed by atoms with Crippen molar-refractivity contribution in [3.63, 3.8) is 0 Å². The van der Waals surface area contributed by atoms with Crippen LogP contribution in [0.15, 0.2) is 39.3 Å². The summed E-state index contributed by atoms with van der Waals surface area (Å²) in [6.45, 7) is 2.16. The molecule has 21 heavy (non-hydrogen) atoms. The summed E-state index contributed by atoms with van der Waals surface area (Å²) in [5, 5.41) is 3.13. The molecule has 0 radical (unpaired) electrons. The Morgan fingerprint density at radius 2 is 1.95 bits per heavy atom. The van der Waals surface area contributed by atoms with E-state index in [2.05, 4.69) is 37.2 Å². The van der Waals surface area contributed by atoms with Crippen LogP contribution >= 0.6 is 31.9 Å². The molecule has 0 saturated heterocycles. The van der Waals surface area contributed by atoms with Crippen molar-refractivity contribution in [2.24, 2.45) is 5.73 Å². The molecule has 0 fully saturated rings. The van der Waals surface area contributed by atoms with Crippen LogP contribution in [0, 0.1) is 12.7 Å². The topological polar surface area (TPSA) is 55.1 Å². The minimum Gasteiger partial charge on any atom is -0.381 e. The smallest absolute Gasteiger partial charge is 0.248 e. The molecule has 0 bridgehead atoms. The normalized spacial score (nSPS) is 10.5. The summed E-state index contributed by atoms with van der Waals surface area (Å²) >= 11 is 6.84. The zero-order valence-corrected chi connectivity index (χ0v) is 14.4. The Kier molecular flexibility index (Phi) is 5.00. The van der Waals surface area contributed by atoms with Gasteiger partial charge in [-0.2, -0.15) is 0 Å². The highest BCUT2D eigenvalue weighted by atomic mass is 79.9. The molecule has 0 aliphatic heterocycles. The van der Waals surface area contributed by atoms with E-state index in [9.17, 15) is 9.18 Å².